The molecule has 2 saturated heterocycles. The Hall–Kier alpha value is -2.95. The van der Waals surface area contributed by atoms with E-state index in [1.165, 1.54) is 11.4 Å². The Labute approximate surface area is 212 Å². The third kappa shape index (κ3) is 6.24. The molecular weight excluding hydrogens is 482 g/mol. The molecule has 0 spiro atoms. The normalized spacial score (nSPS) is 18.2. The van der Waals surface area contributed by atoms with E-state index in [2.05, 4.69) is 10.6 Å². The van der Waals surface area contributed by atoms with Crippen molar-refractivity contribution >= 4 is 27.5 Å². The predicted molar refractivity (Wildman–Crippen MR) is 136 cm³/mol. The van der Waals surface area contributed by atoms with Gasteiger partial charge in [0, 0.05) is 32.7 Å². The maximum Gasteiger partial charge on any atom is 0.253 e. The number of anilines is 1. The smallest absolute Gasteiger partial charge is 0.253 e. The molecule has 36 heavy (non-hydrogen) atoms. The number of carbonyl (C=O) groups is 2. The lowest BCUT2D eigenvalue weighted by Gasteiger charge is -2.17. The number of ether oxygens (including phenoxy) is 2. The van der Waals surface area contributed by atoms with Crippen molar-refractivity contribution in [1.29, 1.82) is 0 Å². The molecule has 1 atom stereocenters. The van der Waals surface area contributed by atoms with E-state index in [1.807, 2.05) is 0 Å². The average Bonchev–Trinajstić information content (AvgIpc) is 3.61. The molecule has 0 radical (unpaired) electrons. The van der Waals surface area contributed by atoms with E-state index in [-0.39, 0.29) is 35.7 Å². The highest BCUT2D eigenvalue weighted by molar-refractivity contribution is 7.89. The number of methoxy groups -OCH3 is 1. The minimum Gasteiger partial charge on any atom is -0.496 e. The summed E-state index contributed by atoms with van der Waals surface area (Å²) in [6, 6.07) is 11.6. The Morgan fingerprint density at radius 3 is 2.61 bits per heavy atom. The van der Waals surface area contributed by atoms with Crippen molar-refractivity contribution in [2.24, 2.45) is 0 Å². The number of nitrogens with one attached hydrogen (secondary N) is 2. The summed E-state index contributed by atoms with van der Waals surface area (Å²) in [6.45, 7) is 2.18. The maximum atomic E-state index is 13.0. The number of sulfonamides is 1. The maximum absolute atomic E-state index is 13.0. The third-order valence-corrected chi connectivity index (χ3v) is 8.43. The summed E-state index contributed by atoms with van der Waals surface area (Å²) in [7, 11) is -2.06. The molecule has 0 aliphatic carbocycles. The van der Waals surface area contributed by atoms with E-state index in [1.54, 1.807) is 42.5 Å². The monoisotopic (exact) mass is 515 g/mol. The van der Waals surface area contributed by atoms with Crippen molar-refractivity contribution in [3.8, 4) is 5.75 Å². The Bertz CT molecular complexity index is 1190. The number of nitrogens with zero attached hydrogens (tertiary/aromatic N) is 1. The zero-order chi connectivity index (χ0) is 25.5. The van der Waals surface area contributed by atoms with Gasteiger partial charge in [-0.3, -0.25) is 9.59 Å². The number of carbonyl (C=O) groups excluding carboxylic acids is 2. The molecule has 2 amide bonds. The first kappa shape index (κ1) is 26.1. The van der Waals surface area contributed by atoms with E-state index in [4.69, 9.17) is 9.47 Å². The molecule has 2 aromatic rings. The molecule has 2 heterocycles. The second kappa shape index (κ2) is 11.9. The lowest BCUT2D eigenvalue weighted by atomic mass is 10.1. The molecule has 2 fully saturated rings. The zero-order valence-corrected chi connectivity index (χ0v) is 21.3. The van der Waals surface area contributed by atoms with Crippen LogP contribution in [0.4, 0.5) is 5.69 Å². The molecule has 2 aromatic carbocycles. The van der Waals surface area contributed by atoms with Crippen LogP contribution in [0, 0.1) is 0 Å². The van der Waals surface area contributed by atoms with Crippen molar-refractivity contribution in [2.45, 2.75) is 49.5 Å². The second-order valence-electron chi connectivity index (χ2n) is 9.02. The van der Waals surface area contributed by atoms with Crippen LogP contribution in [0.3, 0.4) is 0 Å². The molecule has 194 valence electrons. The van der Waals surface area contributed by atoms with Crippen molar-refractivity contribution in [3.05, 3.63) is 53.6 Å². The van der Waals surface area contributed by atoms with Crippen molar-refractivity contribution in [3.63, 3.8) is 0 Å². The average molecular weight is 516 g/mol. The predicted octanol–water partition coefficient (Wildman–Crippen LogP) is 2.96. The van der Waals surface area contributed by atoms with Gasteiger partial charge in [0.15, 0.2) is 0 Å². The number of para-hydroxylation sites is 1. The summed E-state index contributed by atoms with van der Waals surface area (Å²) in [5, 5.41) is 5.70. The van der Waals surface area contributed by atoms with Gasteiger partial charge in [0.2, 0.25) is 15.9 Å². The van der Waals surface area contributed by atoms with E-state index >= 15 is 0 Å². The van der Waals surface area contributed by atoms with Gasteiger partial charge in [-0.05, 0) is 68.0 Å². The Kier molecular flexibility index (Phi) is 8.60. The standard InChI is InChI=1S/C26H33N3O6S/c1-34-24-12-11-21(36(32,33)29-14-4-5-15-29)17-19(24)10-13-25(30)28-23-9-3-2-8-22(23)26(31)27-18-20-7-6-16-35-20/h2-3,8-9,11-12,17,20H,4-7,10,13-16,18H2,1H3,(H,27,31)(H,28,30). The molecule has 2 aliphatic heterocycles. The fourth-order valence-corrected chi connectivity index (χ4v) is 6.11. The summed E-state index contributed by atoms with van der Waals surface area (Å²) in [5.41, 5.74) is 1.43. The first-order valence-corrected chi connectivity index (χ1v) is 13.8. The van der Waals surface area contributed by atoms with Gasteiger partial charge in [-0.2, -0.15) is 4.31 Å². The second-order valence-corrected chi connectivity index (χ2v) is 11.0. The van der Waals surface area contributed by atoms with Gasteiger partial charge in [-0.25, -0.2) is 8.42 Å². The number of hydrogen-bond acceptors (Lipinski definition) is 6. The fourth-order valence-electron chi connectivity index (χ4n) is 4.55. The van der Waals surface area contributed by atoms with Crippen LogP contribution in [-0.4, -0.2) is 64.0 Å². The van der Waals surface area contributed by atoms with Gasteiger partial charge < -0.3 is 20.1 Å². The van der Waals surface area contributed by atoms with E-state index < -0.39 is 10.0 Å². The Morgan fingerprint density at radius 2 is 1.89 bits per heavy atom. The van der Waals surface area contributed by atoms with Crippen molar-refractivity contribution in [1.82, 2.24) is 9.62 Å². The van der Waals surface area contributed by atoms with Gasteiger partial charge in [0.1, 0.15) is 5.75 Å². The highest BCUT2D eigenvalue weighted by Crippen LogP contribution is 2.27. The Morgan fingerprint density at radius 1 is 1.11 bits per heavy atom. The molecule has 0 saturated carbocycles. The largest absolute Gasteiger partial charge is 0.496 e. The molecule has 9 nitrogen and oxygen atoms in total. The van der Waals surface area contributed by atoms with E-state index in [0.29, 0.717) is 48.8 Å². The molecule has 1 unspecified atom stereocenters. The first-order valence-electron chi connectivity index (χ1n) is 12.3. The van der Waals surface area contributed by atoms with Crippen LogP contribution in [-0.2, 0) is 26.0 Å². The lowest BCUT2D eigenvalue weighted by Crippen LogP contribution is -2.32. The van der Waals surface area contributed by atoms with Gasteiger partial charge in [0.25, 0.3) is 5.91 Å². The molecule has 0 aromatic heterocycles. The topological polar surface area (TPSA) is 114 Å². The van der Waals surface area contributed by atoms with E-state index in [0.717, 1.165) is 25.7 Å². The number of benzene rings is 2. The molecule has 2 aliphatic rings. The summed E-state index contributed by atoms with van der Waals surface area (Å²) in [5.74, 6) is -0.0378. The minimum atomic E-state index is -3.58. The quantitative estimate of drug-likeness (QED) is 0.503. The minimum absolute atomic E-state index is 0.0238. The SMILES string of the molecule is COc1ccc(S(=O)(=O)N2CCCC2)cc1CCC(=O)Nc1ccccc1C(=O)NCC1CCCO1. The molecule has 0 bridgehead atoms. The zero-order valence-electron chi connectivity index (χ0n) is 20.5. The number of hydrogen-bond donors (Lipinski definition) is 2. The summed E-state index contributed by atoms with van der Waals surface area (Å²) < 4.78 is 38.4. The van der Waals surface area contributed by atoms with Crippen LogP contribution in [0.5, 0.6) is 5.75 Å². The Balaban J connectivity index is 1.40. The number of rotatable bonds is 10. The van der Waals surface area contributed by atoms with Crippen LogP contribution < -0.4 is 15.4 Å². The van der Waals surface area contributed by atoms with Crippen molar-refractivity contribution in [2.75, 3.05) is 38.7 Å². The van der Waals surface area contributed by atoms with Crippen LogP contribution in [0.2, 0.25) is 0 Å². The van der Waals surface area contributed by atoms with Crippen LogP contribution >= 0.6 is 0 Å². The molecule has 10 heteroatoms. The first-order chi connectivity index (χ1) is 17.4. The van der Waals surface area contributed by atoms with Gasteiger partial charge >= 0.3 is 0 Å². The van der Waals surface area contributed by atoms with E-state index in [9.17, 15) is 18.0 Å². The summed E-state index contributed by atoms with van der Waals surface area (Å²) in [6.07, 6.45) is 4.03. The molecule has 4 rings (SSSR count). The van der Waals surface area contributed by atoms with Crippen LogP contribution in [0.15, 0.2) is 47.4 Å². The van der Waals surface area contributed by atoms with Crippen LogP contribution in [0.25, 0.3) is 0 Å². The van der Waals surface area contributed by atoms with Crippen LogP contribution in [0.1, 0.15) is 48.0 Å². The van der Waals surface area contributed by atoms with Gasteiger partial charge in [-0.1, -0.05) is 12.1 Å². The summed E-state index contributed by atoms with van der Waals surface area (Å²) in [4.78, 5) is 25.7. The molecule has 2 N–H and O–H groups in total. The number of amides is 2. The fraction of sp³-hybridized carbons (Fsp3) is 0.462. The lowest BCUT2D eigenvalue weighted by molar-refractivity contribution is -0.116. The highest BCUT2D eigenvalue weighted by Gasteiger charge is 2.28. The molecular formula is C26H33N3O6S. The van der Waals surface area contributed by atoms with Crippen molar-refractivity contribution < 1.29 is 27.5 Å². The summed E-state index contributed by atoms with van der Waals surface area (Å²) >= 11 is 0. The number of aryl methyl sites for hydroxylation is 1. The van der Waals surface area contributed by atoms with Gasteiger partial charge in [-0.15, -0.1) is 0 Å². The highest BCUT2D eigenvalue weighted by atomic mass is 32.2. The van der Waals surface area contributed by atoms with Gasteiger partial charge in [0.05, 0.1) is 29.4 Å². The third-order valence-electron chi connectivity index (χ3n) is 6.54.